The normalized spacial score (nSPS) is 17.7. The molecule has 1 atom stereocenters. The third-order valence-corrected chi connectivity index (χ3v) is 4.73. The average molecular weight is 304 g/mol. The van der Waals surface area contributed by atoms with E-state index in [4.69, 9.17) is 0 Å². The highest BCUT2D eigenvalue weighted by atomic mass is 16.2. The summed E-state index contributed by atoms with van der Waals surface area (Å²) in [4.78, 5) is 18.0. The topological polar surface area (TPSA) is 36.1 Å². The number of carbonyl (C=O) groups is 1. The molecule has 0 radical (unpaired) electrons. The number of aromatic nitrogens is 1. The molecule has 2 aromatic carbocycles. The Morgan fingerprint density at radius 2 is 1.87 bits per heavy atom. The Morgan fingerprint density at radius 3 is 2.70 bits per heavy atom. The largest absolute Gasteiger partial charge is 0.358 e. The second-order valence-electron chi connectivity index (χ2n) is 6.30. The molecule has 0 saturated carbocycles. The maximum Gasteiger partial charge on any atom is 0.227 e. The molecule has 1 aromatic heterocycles. The first-order valence-electron chi connectivity index (χ1n) is 8.19. The van der Waals surface area contributed by atoms with Crippen molar-refractivity contribution in [2.75, 3.05) is 13.1 Å². The zero-order valence-corrected chi connectivity index (χ0v) is 13.0. The van der Waals surface area contributed by atoms with Gasteiger partial charge < -0.3 is 9.88 Å². The fourth-order valence-corrected chi connectivity index (χ4v) is 3.44. The van der Waals surface area contributed by atoms with Crippen molar-refractivity contribution in [2.24, 2.45) is 0 Å². The minimum absolute atomic E-state index is 0.231. The third-order valence-electron chi connectivity index (χ3n) is 4.73. The first kappa shape index (κ1) is 14.1. The zero-order valence-electron chi connectivity index (χ0n) is 13.0. The predicted molar refractivity (Wildman–Crippen MR) is 92.4 cm³/mol. The van der Waals surface area contributed by atoms with Crippen molar-refractivity contribution in [3.8, 4) is 0 Å². The summed E-state index contributed by atoms with van der Waals surface area (Å²) >= 11 is 0. The number of rotatable bonds is 3. The smallest absolute Gasteiger partial charge is 0.227 e. The monoisotopic (exact) mass is 304 g/mol. The number of benzene rings is 2. The number of carbonyl (C=O) groups excluding carboxylic acids is 1. The predicted octanol–water partition coefficient (Wildman–Crippen LogP) is 3.73. The fraction of sp³-hybridized carbons (Fsp3) is 0.250. The van der Waals surface area contributed by atoms with E-state index in [1.807, 2.05) is 41.3 Å². The van der Waals surface area contributed by atoms with E-state index in [0.717, 1.165) is 25.1 Å². The average Bonchev–Trinajstić information content (AvgIpc) is 3.22. The van der Waals surface area contributed by atoms with E-state index in [0.29, 0.717) is 12.3 Å². The molecule has 4 rings (SSSR count). The van der Waals surface area contributed by atoms with E-state index in [1.54, 1.807) is 0 Å². The number of nitrogens with one attached hydrogen (secondary N) is 1. The van der Waals surface area contributed by atoms with E-state index in [-0.39, 0.29) is 5.91 Å². The van der Waals surface area contributed by atoms with E-state index in [2.05, 4.69) is 29.2 Å². The van der Waals surface area contributed by atoms with Gasteiger partial charge in [0.25, 0.3) is 0 Å². The molecule has 2 heterocycles. The second kappa shape index (κ2) is 5.92. The molecule has 1 amide bonds. The molecule has 0 spiro atoms. The summed E-state index contributed by atoms with van der Waals surface area (Å²) < 4.78 is 0. The van der Waals surface area contributed by atoms with Crippen molar-refractivity contribution in [3.63, 3.8) is 0 Å². The SMILES string of the molecule is O=C(Cc1ccccc1)N1CCC(c2cc3ccccc3[nH]2)C1. The minimum atomic E-state index is 0.231. The first-order valence-corrected chi connectivity index (χ1v) is 8.19. The Morgan fingerprint density at radius 1 is 1.09 bits per heavy atom. The molecule has 116 valence electrons. The van der Waals surface area contributed by atoms with Gasteiger partial charge in [0.1, 0.15) is 0 Å². The highest BCUT2D eigenvalue weighted by Crippen LogP contribution is 2.29. The zero-order chi connectivity index (χ0) is 15.6. The van der Waals surface area contributed by atoms with Gasteiger partial charge in [-0.3, -0.25) is 4.79 Å². The van der Waals surface area contributed by atoms with Gasteiger partial charge in [-0.15, -0.1) is 0 Å². The Hall–Kier alpha value is -2.55. The molecule has 23 heavy (non-hydrogen) atoms. The van der Waals surface area contributed by atoms with Crippen LogP contribution in [0.4, 0.5) is 0 Å². The highest BCUT2D eigenvalue weighted by molar-refractivity contribution is 5.81. The van der Waals surface area contributed by atoms with E-state index < -0.39 is 0 Å². The second-order valence-corrected chi connectivity index (χ2v) is 6.30. The van der Waals surface area contributed by atoms with E-state index in [9.17, 15) is 4.79 Å². The number of aromatic amines is 1. The molecule has 3 heteroatoms. The number of para-hydroxylation sites is 1. The standard InChI is InChI=1S/C20H20N2O/c23-20(12-15-6-2-1-3-7-15)22-11-10-17(14-22)19-13-16-8-4-5-9-18(16)21-19/h1-9,13,17,21H,10-12,14H2. The van der Waals surface area contributed by atoms with Crippen molar-refractivity contribution in [1.82, 2.24) is 9.88 Å². The first-order chi connectivity index (χ1) is 11.3. The van der Waals surface area contributed by atoms with Crippen LogP contribution in [0.25, 0.3) is 10.9 Å². The quantitative estimate of drug-likeness (QED) is 0.786. The number of H-pyrrole nitrogens is 1. The molecule has 1 aliphatic heterocycles. The third kappa shape index (κ3) is 2.87. The molecule has 1 saturated heterocycles. The highest BCUT2D eigenvalue weighted by Gasteiger charge is 2.28. The molecular weight excluding hydrogens is 284 g/mol. The van der Waals surface area contributed by atoms with Crippen LogP contribution in [0.3, 0.4) is 0 Å². The molecule has 0 bridgehead atoms. The van der Waals surface area contributed by atoms with Crippen LogP contribution in [0, 0.1) is 0 Å². The molecule has 0 aliphatic carbocycles. The van der Waals surface area contributed by atoms with Crippen molar-refractivity contribution >= 4 is 16.8 Å². The van der Waals surface area contributed by atoms with Crippen molar-refractivity contribution < 1.29 is 4.79 Å². The van der Waals surface area contributed by atoms with Crippen LogP contribution in [-0.4, -0.2) is 28.9 Å². The molecule has 1 N–H and O–H groups in total. The van der Waals surface area contributed by atoms with Crippen LogP contribution < -0.4 is 0 Å². The summed E-state index contributed by atoms with van der Waals surface area (Å²) in [5.74, 6) is 0.650. The minimum Gasteiger partial charge on any atom is -0.358 e. The maximum atomic E-state index is 12.5. The summed E-state index contributed by atoms with van der Waals surface area (Å²) in [7, 11) is 0. The van der Waals surface area contributed by atoms with Crippen LogP contribution in [-0.2, 0) is 11.2 Å². The lowest BCUT2D eigenvalue weighted by Gasteiger charge is -2.16. The maximum absolute atomic E-state index is 12.5. The van der Waals surface area contributed by atoms with Gasteiger partial charge in [0, 0.05) is 30.2 Å². The Labute approximate surface area is 135 Å². The van der Waals surface area contributed by atoms with Gasteiger partial charge in [0.2, 0.25) is 5.91 Å². The summed E-state index contributed by atoms with van der Waals surface area (Å²) in [5.41, 5.74) is 3.52. The Balaban J connectivity index is 1.45. The van der Waals surface area contributed by atoms with Gasteiger partial charge in [0.05, 0.1) is 6.42 Å². The van der Waals surface area contributed by atoms with Crippen molar-refractivity contribution in [1.29, 1.82) is 0 Å². The molecular formula is C20H20N2O. The van der Waals surface area contributed by atoms with Crippen LogP contribution in [0.1, 0.15) is 23.6 Å². The van der Waals surface area contributed by atoms with Gasteiger partial charge in [-0.05, 0) is 29.5 Å². The van der Waals surface area contributed by atoms with Crippen molar-refractivity contribution in [3.05, 3.63) is 71.9 Å². The molecule has 1 unspecified atom stereocenters. The van der Waals surface area contributed by atoms with Crippen LogP contribution in [0.5, 0.6) is 0 Å². The number of nitrogens with zero attached hydrogens (tertiary/aromatic N) is 1. The lowest BCUT2D eigenvalue weighted by atomic mass is 10.1. The lowest BCUT2D eigenvalue weighted by Crippen LogP contribution is -2.29. The number of hydrogen-bond donors (Lipinski definition) is 1. The molecule has 1 fully saturated rings. The Kier molecular flexibility index (Phi) is 3.62. The fourth-order valence-electron chi connectivity index (χ4n) is 3.44. The van der Waals surface area contributed by atoms with Crippen LogP contribution in [0.15, 0.2) is 60.7 Å². The molecule has 3 nitrogen and oxygen atoms in total. The summed E-state index contributed by atoms with van der Waals surface area (Å²) in [6.07, 6.45) is 1.54. The number of fused-ring (bicyclic) bond motifs is 1. The van der Waals surface area contributed by atoms with Crippen LogP contribution >= 0.6 is 0 Å². The van der Waals surface area contributed by atoms with Crippen molar-refractivity contribution in [2.45, 2.75) is 18.8 Å². The number of amides is 1. The Bertz CT molecular complexity index is 789. The lowest BCUT2D eigenvalue weighted by molar-refractivity contribution is -0.129. The molecule has 3 aromatic rings. The van der Waals surface area contributed by atoms with Gasteiger partial charge in [-0.2, -0.15) is 0 Å². The van der Waals surface area contributed by atoms with E-state index in [1.165, 1.54) is 16.6 Å². The van der Waals surface area contributed by atoms with Crippen LogP contribution in [0.2, 0.25) is 0 Å². The van der Waals surface area contributed by atoms with Gasteiger partial charge >= 0.3 is 0 Å². The molecule has 1 aliphatic rings. The number of likely N-dealkylation sites (tertiary alicyclic amines) is 1. The number of hydrogen-bond acceptors (Lipinski definition) is 1. The van der Waals surface area contributed by atoms with Gasteiger partial charge in [0.15, 0.2) is 0 Å². The van der Waals surface area contributed by atoms with Gasteiger partial charge in [-0.25, -0.2) is 0 Å². The van der Waals surface area contributed by atoms with E-state index >= 15 is 0 Å². The summed E-state index contributed by atoms with van der Waals surface area (Å²) in [5, 5.41) is 1.25. The van der Waals surface area contributed by atoms with Gasteiger partial charge in [-0.1, -0.05) is 48.5 Å². The summed E-state index contributed by atoms with van der Waals surface area (Å²) in [6.45, 7) is 1.67. The summed E-state index contributed by atoms with van der Waals surface area (Å²) in [6, 6.07) is 20.6.